The second-order valence-electron chi connectivity index (χ2n) is 7.01. The highest BCUT2D eigenvalue weighted by atomic mass is 32.3. The molecule has 0 aliphatic carbocycles. The lowest BCUT2D eigenvalue weighted by Gasteiger charge is -2.23. The molecule has 0 saturated heterocycles. The van der Waals surface area contributed by atoms with E-state index >= 15 is 0 Å². The summed E-state index contributed by atoms with van der Waals surface area (Å²) in [5.74, 6) is 0. The summed E-state index contributed by atoms with van der Waals surface area (Å²) in [5.41, 5.74) is 2.17. The first-order valence-corrected chi connectivity index (χ1v) is 12.4. The molecule has 0 saturated carbocycles. The van der Waals surface area contributed by atoms with Gasteiger partial charge in [-0.15, -0.1) is 0 Å². The van der Waals surface area contributed by atoms with Crippen LogP contribution >= 0.6 is 0 Å². The van der Waals surface area contributed by atoms with E-state index in [1.165, 1.54) is 24.3 Å². The van der Waals surface area contributed by atoms with Crippen LogP contribution < -0.4 is 0 Å². The van der Waals surface area contributed by atoms with Gasteiger partial charge in [-0.05, 0) is 48.4 Å². The zero-order valence-corrected chi connectivity index (χ0v) is 18.3. The van der Waals surface area contributed by atoms with Gasteiger partial charge in [-0.1, -0.05) is 58.3 Å². The van der Waals surface area contributed by atoms with Crippen molar-refractivity contribution in [3.8, 4) is 0 Å². The van der Waals surface area contributed by atoms with Gasteiger partial charge in [0.2, 0.25) is 0 Å². The van der Waals surface area contributed by atoms with Gasteiger partial charge in [0.1, 0.15) is 0 Å². The molecule has 0 aliphatic heterocycles. The van der Waals surface area contributed by atoms with Crippen molar-refractivity contribution in [3.63, 3.8) is 0 Å². The second kappa shape index (κ2) is 8.22. The topological polar surface area (TPSA) is 84.4 Å². The van der Waals surface area contributed by atoms with Crippen LogP contribution in [-0.2, 0) is 26.6 Å². The van der Waals surface area contributed by atoms with Crippen molar-refractivity contribution in [1.29, 1.82) is 0 Å². The van der Waals surface area contributed by atoms with E-state index in [2.05, 4.69) is 4.98 Å². The molecule has 31 heavy (non-hydrogen) atoms. The molecule has 0 bridgehead atoms. The van der Waals surface area contributed by atoms with Gasteiger partial charge in [-0.2, -0.15) is 0 Å². The highest BCUT2D eigenvalue weighted by molar-refractivity contribution is 8.04. The summed E-state index contributed by atoms with van der Waals surface area (Å²) in [6, 6.07) is 22.3. The van der Waals surface area contributed by atoms with E-state index in [1.807, 2.05) is 19.1 Å². The third-order valence-corrected chi connectivity index (χ3v) is 9.22. The molecule has 0 atom stereocenters. The molecular weight excluding hydrogens is 432 g/mol. The SMILES string of the molecule is Cc1ccc(CN(S(=O)(=O)c2ccccc2)S(=O)(=O)c2ccccc2)c2cccnc12. The molecule has 0 N–H and O–H groups in total. The van der Waals surface area contributed by atoms with Crippen LogP contribution in [0.15, 0.2) is 101 Å². The molecule has 0 radical (unpaired) electrons. The number of hydrogen-bond acceptors (Lipinski definition) is 5. The van der Waals surface area contributed by atoms with Gasteiger partial charge in [0.25, 0.3) is 20.0 Å². The van der Waals surface area contributed by atoms with E-state index < -0.39 is 20.0 Å². The Hall–Kier alpha value is -3.07. The van der Waals surface area contributed by atoms with Gasteiger partial charge in [0, 0.05) is 11.6 Å². The first kappa shape index (κ1) is 21.2. The Bertz CT molecular complexity index is 1370. The highest BCUT2D eigenvalue weighted by Gasteiger charge is 2.37. The largest absolute Gasteiger partial charge is 0.256 e. The molecule has 3 aromatic carbocycles. The Balaban J connectivity index is 1.92. The zero-order chi connectivity index (χ0) is 22.1. The van der Waals surface area contributed by atoms with Crippen molar-refractivity contribution in [2.75, 3.05) is 0 Å². The molecule has 1 aromatic heterocycles. The lowest BCUT2D eigenvalue weighted by atomic mass is 10.1. The Morgan fingerprint density at radius 3 is 1.81 bits per heavy atom. The fourth-order valence-corrected chi connectivity index (χ4v) is 7.01. The zero-order valence-electron chi connectivity index (χ0n) is 16.7. The van der Waals surface area contributed by atoms with E-state index in [-0.39, 0.29) is 16.3 Å². The molecule has 6 nitrogen and oxygen atoms in total. The summed E-state index contributed by atoms with van der Waals surface area (Å²) >= 11 is 0. The summed E-state index contributed by atoms with van der Waals surface area (Å²) in [6.07, 6.45) is 1.65. The predicted octanol–water partition coefficient (Wildman–Crippen LogP) is 4.12. The highest BCUT2D eigenvalue weighted by Crippen LogP contribution is 2.29. The average Bonchev–Trinajstić information content (AvgIpc) is 2.80. The Labute approximate surface area is 181 Å². The summed E-state index contributed by atoms with van der Waals surface area (Å²) in [4.78, 5) is 4.19. The second-order valence-corrected chi connectivity index (χ2v) is 11.0. The van der Waals surface area contributed by atoms with Crippen molar-refractivity contribution in [1.82, 2.24) is 8.69 Å². The molecule has 0 aliphatic rings. The molecule has 4 rings (SSSR count). The van der Waals surface area contributed by atoms with Crippen LogP contribution in [0.2, 0.25) is 0 Å². The maximum atomic E-state index is 13.5. The van der Waals surface area contributed by atoms with Gasteiger partial charge in [-0.3, -0.25) is 4.98 Å². The van der Waals surface area contributed by atoms with Crippen LogP contribution in [0, 0.1) is 6.92 Å². The number of sulfonamides is 2. The molecular formula is C23H20N2O4S2. The number of aryl methyl sites for hydroxylation is 1. The molecule has 0 amide bonds. The van der Waals surface area contributed by atoms with Crippen molar-refractivity contribution in [2.45, 2.75) is 23.3 Å². The van der Waals surface area contributed by atoms with Gasteiger partial charge in [-0.25, -0.2) is 16.8 Å². The van der Waals surface area contributed by atoms with Crippen LogP contribution in [-0.4, -0.2) is 25.5 Å². The number of hydrogen-bond donors (Lipinski definition) is 0. The van der Waals surface area contributed by atoms with E-state index in [0.717, 1.165) is 5.56 Å². The predicted molar refractivity (Wildman–Crippen MR) is 119 cm³/mol. The summed E-state index contributed by atoms with van der Waals surface area (Å²) < 4.78 is 54.5. The lowest BCUT2D eigenvalue weighted by Crippen LogP contribution is -2.36. The Morgan fingerprint density at radius 2 is 1.26 bits per heavy atom. The fourth-order valence-electron chi connectivity index (χ4n) is 3.37. The van der Waals surface area contributed by atoms with Crippen LogP contribution in [0.3, 0.4) is 0 Å². The number of pyridine rings is 1. The number of aromatic nitrogens is 1. The van der Waals surface area contributed by atoms with Crippen molar-refractivity contribution < 1.29 is 16.8 Å². The molecule has 8 heteroatoms. The number of benzene rings is 3. The summed E-state index contributed by atoms with van der Waals surface area (Å²) in [7, 11) is -8.72. The summed E-state index contributed by atoms with van der Waals surface area (Å²) in [5, 5.41) is 0.707. The molecule has 0 unspecified atom stereocenters. The van der Waals surface area contributed by atoms with Crippen molar-refractivity contribution in [2.24, 2.45) is 0 Å². The number of rotatable bonds is 6. The third-order valence-electron chi connectivity index (χ3n) is 4.98. The molecule has 158 valence electrons. The first-order valence-electron chi connectivity index (χ1n) is 9.53. The minimum atomic E-state index is -4.36. The molecule has 0 spiro atoms. The lowest BCUT2D eigenvalue weighted by molar-refractivity contribution is 0.495. The maximum absolute atomic E-state index is 13.5. The van der Waals surface area contributed by atoms with Gasteiger partial charge in [0.15, 0.2) is 0 Å². The Morgan fingerprint density at radius 1 is 0.710 bits per heavy atom. The number of fused-ring (bicyclic) bond motifs is 1. The molecule has 4 aromatic rings. The minimum absolute atomic E-state index is 0.0935. The van der Waals surface area contributed by atoms with Gasteiger partial charge in [0.05, 0.1) is 21.9 Å². The van der Waals surface area contributed by atoms with E-state index in [9.17, 15) is 16.8 Å². The quantitative estimate of drug-likeness (QED) is 0.439. The van der Waals surface area contributed by atoms with Crippen LogP contribution in [0.1, 0.15) is 11.1 Å². The van der Waals surface area contributed by atoms with Gasteiger partial charge < -0.3 is 0 Å². The normalized spacial score (nSPS) is 12.3. The first-order chi connectivity index (χ1) is 14.8. The number of nitrogens with zero attached hydrogens (tertiary/aromatic N) is 2. The molecule has 1 heterocycles. The standard InChI is InChI=1S/C23H20N2O4S2/c1-18-14-15-19(22-13-8-16-24-23(18)22)17-25(30(26,27)20-9-4-2-5-10-20)31(28,29)21-11-6-3-7-12-21/h2-16H,17H2,1H3. The van der Waals surface area contributed by atoms with Crippen molar-refractivity contribution in [3.05, 3.63) is 102 Å². The smallest absolute Gasteiger partial charge is 0.256 e. The van der Waals surface area contributed by atoms with E-state index in [0.29, 0.717) is 20.2 Å². The van der Waals surface area contributed by atoms with Crippen LogP contribution in [0.25, 0.3) is 10.9 Å². The average molecular weight is 453 g/mol. The monoisotopic (exact) mass is 452 g/mol. The minimum Gasteiger partial charge on any atom is -0.256 e. The third kappa shape index (κ3) is 3.97. The van der Waals surface area contributed by atoms with E-state index in [1.54, 1.807) is 54.7 Å². The van der Waals surface area contributed by atoms with Crippen LogP contribution in [0.5, 0.6) is 0 Å². The van der Waals surface area contributed by atoms with E-state index in [4.69, 9.17) is 0 Å². The van der Waals surface area contributed by atoms with Gasteiger partial charge >= 0.3 is 0 Å². The van der Waals surface area contributed by atoms with Crippen molar-refractivity contribution >= 4 is 30.9 Å². The maximum Gasteiger partial charge on any atom is 0.256 e. The molecule has 0 fully saturated rings. The fraction of sp³-hybridized carbons (Fsp3) is 0.0870. The van der Waals surface area contributed by atoms with Crippen LogP contribution in [0.4, 0.5) is 0 Å². The summed E-state index contributed by atoms with van der Waals surface area (Å²) in [6.45, 7) is 1.55. The Kier molecular flexibility index (Phi) is 5.62.